The van der Waals surface area contributed by atoms with Crippen LogP contribution in [0.15, 0.2) is 18.2 Å². The van der Waals surface area contributed by atoms with Gasteiger partial charge in [-0.1, -0.05) is 18.2 Å². The monoisotopic (exact) mass is 213 g/mol. The Morgan fingerprint density at radius 1 is 1.07 bits per heavy atom. The first-order chi connectivity index (χ1) is 6.32. The van der Waals surface area contributed by atoms with Gasteiger partial charge in [-0.2, -0.15) is 0 Å². The fraction of sp³-hybridized carbons (Fsp3) is 0.143. The molecule has 7 heteroatoms. The van der Waals surface area contributed by atoms with Gasteiger partial charge in [-0.25, -0.2) is 13.2 Å². The smallest absolute Gasteiger partial charge is 0.445 e. The largest absolute Gasteiger partial charge is 0.509 e. The highest BCUT2D eigenvalue weighted by Gasteiger charge is 2.27. The molecule has 0 aliphatic rings. The van der Waals surface area contributed by atoms with Gasteiger partial charge in [0.25, 0.3) is 6.43 Å². The summed E-state index contributed by atoms with van der Waals surface area (Å²) in [7, 11) is 0. The summed E-state index contributed by atoms with van der Waals surface area (Å²) >= 11 is 0. The topological polar surface area (TPSA) is 0 Å². The molecule has 1 aromatic rings. The Morgan fingerprint density at radius 2 is 1.64 bits per heavy atom. The molecule has 0 aliphatic carbocycles. The number of hydrogen-bond donors (Lipinski definition) is 0. The van der Waals surface area contributed by atoms with Gasteiger partial charge in [0, 0.05) is 0 Å². The third-order valence-corrected chi connectivity index (χ3v) is 1.64. The lowest BCUT2D eigenvalue weighted by atomic mass is 9.80. The Morgan fingerprint density at radius 3 is 2.00 bits per heavy atom. The van der Waals surface area contributed by atoms with Crippen molar-refractivity contribution in [2.45, 2.75) is 6.43 Å². The van der Waals surface area contributed by atoms with E-state index in [4.69, 9.17) is 0 Å². The molecule has 0 unspecified atom stereocenters. The Kier molecular flexibility index (Phi) is 2.77. The Hall–Kier alpha value is -1.14. The van der Waals surface area contributed by atoms with E-state index in [1.807, 2.05) is 0 Å². The predicted octanol–water partition coefficient (Wildman–Crippen LogP) is 2.82. The van der Waals surface area contributed by atoms with Crippen LogP contribution in [0.2, 0.25) is 0 Å². The summed E-state index contributed by atoms with van der Waals surface area (Å²) in [5.74, 6) is -1.53. The van der Waals surface area contributed by atoms with Crippen molar-refractivity contribution < 1.29 is 26.1 Å². The third kappa shape index (κ3) is 2.21. The molecule has 1 aromatic carbocycles. The first kappa shape index (κ1) is 10.9. The normalized spacial score (nSPS) is 12.2. The van der Waals surface area contributed by atoms with Crippen LogP contribution < -0.4 is 5.46 Å². The van der Waals surface area contributed by atoms with Gasteiger partial charge in [0.2, 0.25) is 0 Å². The minimum Gasteiger partial charge on any atom is -0.445 e. The second kappa shape index (κ2) is 3.55. The lowest BCUT2D eigenvalue weighted by Gasteiger charge is -2.15. The van der Waals surface area contributed by atoms with E-state index in [0.717, 1.165) is 0 Å². The van der Waals surface area contributed by atoms with Gasteiger partial charge in [-0.15, -0.1) is 5.46 Å². The van der Waals surface area contributed by atoms with Crippen molar-refractivity contribution in [3.05, 3.63) is 29.6 Å². The van der Waals surface area contributed by atoms with Crippen LogP contribution in [0, 0.1) is 5.82 Å². The number of hydrogen-bond acceptors (Lipinski definition) is 0. The van der Waals surface area contributed by atoms with Crippen LogP contribution in [-0.4, -0.2) is 6.98 Å². The average Bonchev–Trinajstić information content (AvgIpc) is 2.01. The maximum atomic E-state index is 12.7. The van der Waals surface area contributed by atoms with E-state index in [9.17, 15) is 26.1 Å². The maximum Gasteiger partial charge on any atom is 0.509 e. The van der Waals surface area contributed by atoms with Crippen molar-refractivity contribution in [1.29, 1.82) is 0 Å². The fourth-order valence-electron chi connectivity index (χ4n) is 0.924. The highest BCUT2D eigenvalue weighted by atomic mass is 19.4. The van der Waals surface area contributed by atoms with E-state index in [-0.39, 0.29) is 6.07 Å². The molecule has 0 amide bonds. The highest BCUT2D eigenvalue weighted by Crippen LogP contribution is 2.22. The van der Waals surface area contributed by atoms with Crippen molar-refractivity contribution in [3.63, 3.8) is 0 Å². The maximum absolute atomic E-state index is 12.7. The molecule has 0 aromatic heterocycles. The van der Waals surface area contributed by atoms with E-state index in [2.05, 4.69) is 0 Å². The highest BCUT2D eigenvalue weighted by molar-refractivity contribution is 6.73. The van der Waals surface area contributed by atoms with Crippen molar-refractivity contribution >= 4 is 12.4 Å². The zero-order valence-electron chi connectivity index (χ0n) is 6.65. The van der Waals surface area contributed by atoms with E-state index in [0.29, 0.717) is 12.1 Å². The number of halogens is 6. The van der Waals surface area contributed by atoms with Gasteiger partial charge in [0.05, 0.1) is 5.56 Å². The minimum atomic E-state index is -5.34. The number of rotatable bonds is 2. The molecule has 0 aliphatic heterocycles. The molecule has 0 saturated carbocycles. The van der Waals surface area contributed by atoms with E-state index in [1.165, 1.54) is 0 Å². The molecular formula is C7H4BF6-. The lowest BCUT2D eigenvalue weighted by Crippen LogP contribution is -2.34. The third-order valence-electron chi connectivity index (χ3n) is 1.64. The van der Waals surface area contributed by atoms with Crippen molar-refractivity contribution in [2.75, 3.05) is 0 Å². The molecule has 14 heavy (non-hydrogen) atoms. The van der Waals surface area contributed by atoms with Crippen LogP contribution in [0.4, 0.5) is 26.1 Å². The number of benzene rings is 1. The van der Waals surface area contributed by atoms with Crippen LogP contribution in [0.3, 0.4) is 0 Å². The summed E-state index contributed by atoms with van der Waals surface area (Å²) in [5, 5.41) is 0. The van der Waals surface area contributed by atoms with Crippen molar-refractivity contribution in [3.8, 4) is 0 Å². The molecule has 0 radical (unpaired) electrons. The van der Waals surface area contributed by atoms with Gasteiger partial charge in [0.1, 0.15) is 5.82 Å². The van der Waals surface area contributed by atoms with Crippen LogP contribution in [0.1, 0.15) is 12.0 Å². The summed E-state index contributed by atoms with van der Waals surface area (Å²) < 4.78 is 72.6. The molecule has 0 atom stereocenters. The quantitative estimate of drug-likeness (QED) is 0.523. The van der Waals surface area contributed by atoms with Gasteiger partial charge >= 0.3 is 6.98 Å². The summed E-state index contributed by atoms with van der Waals surface area (Å²) in [6.45, 7) is -5.34. The SMILES string of the molecule is Fc1cc([B-](F)(F)F)ccc1C(F)F. The van der Waals surface area contributed by atoms with E-state index >= 15 is 0 Å². The molecule has 0 spiro atoms. The molecule has 1 rings (SSSR count). The van der Waals surface area contributed by atoms with Crippen LogP contribution in [0.5, 0.6) is 0 Å². The Labute approximate surface area is 75.6 Å². The molecule has 0 bridgehead atoms. The van der Waals surface area contributed by atoms with Gasteiger partial charge < -0.3 is 12.9 Å². The molecule has 78 valence electrons. The predicted molar refractivity (Wildman–Crippen MR) is 40.1 cm³/mol. The Bertz CT molecular complexity index is 331. The molecule has 0 heterocycles. The van der Waals surface area contributed by atoms with Crippen LogP contribution in [-0.2, 0) is 0 Å². The molecule has 0 nitrogen and oxygen atoms in total. The molecule has 0 N–H and O–H groups in total. The van der Waals surface area contributed by atoms with Gasteiger partial charge in [0.15, 0.2) is 0 Å². The number of alkyl halides is 2. The molecule has 0 saturated heterocycles. The molecule has 0 fully saturated rings. The van der Waals surface area contributed by atoms with Gasteiger partial charge in [-0.05, 0) is 0 Å². The first-order valence-corrected chi connectivity index (χ1v) is 3.60. The van der Waals surface area contributed by atoms with Crippen molar-refractivity contribution in [1.82, 2.24) is 0 Å². The van der Waals surface area contributed by atoms with Crippen molar-refractivity contribution in [2.24, 2.45) is 0 Å². The zero-order chi connectivity index (χ0) is 10.9. The lowest BCUT2D eigenvalue weighted by molar-refractivity contribution is 0.146. The van der Waals surface area contributed by atoms with Gasteiger partial charge in [-0.3, -0.25) is 0 Å². The minimum absolute atomic E-state index is 0.0848. The zero-order valence-corrected chi connectivity index (χ0v) is 6.65. The average molecular weight is 213 g/mol. The summed E-state index contributed by atoms with van der Waals surface area (Å²) in [6, 6.07) is 0.983. The van der Waals surface area contributed by atoms with Crippen LogP contribution in [0.25, 0.3) is 0 Å². The summed E-state index contributed by atoms with van der Waals surface area (Å²) in [5.41, 5.74) is -2.24. The second-order valence-electron chi connectivity index (χ2n) is 2.66. The first-order valence-electron chi connectivity index (χ1n) is 3.60. The second-order valence-corrected chi connectivity index (χ2v) is 2.66. The van der Waals surface area contributed by atoms with E-state index in [1.54, 1.807) is 0 Å². The van der Waals surface area contributed by atoms with E-state index < -0.39 is 30.2 Å². The molecular weight excluding hydrogens is 209 g/mol. The summed E-state index contributed by atoms with van der Waals surface area (Å²) in [6.07, 6.45) is -3.11. The summed E-state index contributed by atoms with van der Waals surface area (Å²) in [4.78, 5) is 0. The van der Waals surface area contributed by atoms with Crippen LogP contribution >= 0.6 is 0 Å². The fourth-order valence-corrected chi connectivity index (χ4v) is 0.924. The Balaban J connectivity index is 3.13. The standard InChI is InChI=1S/C7H4BF6/c9-6-3-4(8(12,13)14)1-2-5(6)7(10)11/h1-3,7H/q-1.